The van der Waals surface area contributed by atoms with Gasteiger partial charge in [0.2, 0.25) is 0 Å². The van der Waals surface area contributed by atoms with Gasteiger partial charge < -0.3 is 9.30 Å². The third-order valence-electron chi connectivity index (χ3n) is 5.67. The van der Waals surface area contributed by atoms with Crippen molar-refractivity contribution < 1.29 is 17.9 Å². The Balaban J connectivity index is 1.78. The molecule has 1 heterocycles. The lowest BCUT2D eigenvalue weighted by molar-refractivity contribution is -0.274. The Bertz CT molecular complexity index is 1010. The average Bonchev–Trinajstić information content (AvgIpc) is 2.98. The molecule has 0 radical (unpaired) electrons. The van der Waals surface area contributed by atoms with Crippen LogP contribution in [0.2, 0.25) is 0 Å². The molecule has 3 aromatic rings. The normalized spacial score (nSPS) is 22.0. The van der Waals surface area contributed by atoms with E-state index in [1.54, 1.807) is 12.1 Å². The molecule has 0 bridgehead atoms. The summed E-state index contributed by atoms with van der Waals surface area (Å²) in [6.45, 7) is 6.89. The molecule has 0 N–H and O–H groups in total. The third-order valence-corrected chi connectivity index (χ3v) is 5.67. The van der Waals surface area contributed by atoms with Gasteiger partial charge in [0.15, 0.2) is 0 Å². The summed E-state index contributed by atoms with van der Waals surface area (Å²) in [6.07, 6.45) is -1.40. The smallest absolute Gasteiger partial charge is 0.406 e. The Kier molecular flexibility index (Phi) is 4.83. The number of ether oxygens (including phenoxy) is 1. The molecule has 154 valence electrons. The highest BCUT2D eigenvalue weighted by Gasteiger charge is 2.35. The number of aromatic nitrogens is 2. The number of halogens is 3. The van der Waals surface area contributed by atoms with Gasteiger partial charge in [-0.3, -0.25) is 0 Å². The Morgan fingerprint density at radius 3 is 2.38 bits per heavy atom. The highest BCUT2D eigenvalue weighted by Crippen LogP contribution is 2.46. The lowest BCUT2D eigenvalue weighted by Gasteiger charge is -2.40. The Labute approximate surface area is 168 Å². The first-order valence-corrected chi connectivity index (χ1v) is 9.94. The van der Waals surface area contributed by atoms with Gasteiger partial charge in [0.25, 0.3) is 0 Å². The van der Waals surface area contributed by atoms with Crippen LogP contribution in [0.15, 0.2) is 48.5 Å². The van der Waals surface area contributed by atoms with E-state index in [0.29, 0.717) is 12.0 Å². The number of rotatable bonds is 3. The van der Waals surface area contributed by atoms with Crippen molar-refractivity contribution in [3.63, 3.8) is 0 Å². The van der Waals surface area contributed by atoms with Crippen LogP contribution in [-0.4, -0.2) is 15.9 Å². The quantitative estimate of drug-likeness (QED) is 0.472. The zero-order valence-electron chi connectivity index (χ0n) is 16.8. The Hall–Kier alpha value is -2.50. The fourth-order valence-corrected chi connectivity index (χ4v) is 4.92. The number of hydrogen-bond donors (Lipinski definition) is 0. The molecule has 4 rings (SSSR count). The van der Waals surface area contributed by atoms with Gasteiger partial charge in [0.05, 0.1) is 11.0 Å². The van der Waals surface area contributed by atoms with Gasteiger partial charge in [0, 0.05) is 11.6 Å². The first-order valence-electron chi connectivity index (χ1n) is 9.94. The topological polar surface area (TPSA) is 27.1 Å². The van der Waals surface area contributed by atoms with Crippen LogP contribution in [-0.2, 0) is 0 Å². The van der Waals surface area contributed by atoms with Crippen LogP contribution in [0.1, 0.15) is 46.1 Å². The Morgan fingerprint density at radius 1 is 1.03 bits per heavy atom. The standard InChI is InChI=1S/C23H25F3N2O/c1-15-12-17(14-22(2,3)13-15)28-20-7-5-4-6-19(20)27-21(28)16-8-10-18(11-9-16)29-23(24,25)26/h4-11,15,17H,12-14H2,1-3H3/t15-,17+/m1/s1. The van der Waals surface area contributed by atoms with Crippen molar-refractivity contribution in [2.24, 2.45) is 11.3 Å². The van der Waals surface area contributed by atoms with Crippen LogP contribution in [0.5, 0.6) is 5.75 Å². The summed E-state index contributed by atoms with van der Waals surface area (Å²) in [7, 11) is 0. The van der Waals surface area contributed by atoms with E-state index in [1.165, 1.54) is 18.6 Å². The second kappa shape index (κ2) is 7.08. The van der Waals surface area contributed by atoms with Crippen LogP contribution >= 0.6 is 0 Å². The number of imidazole rings is 1. The van der Waals surface area contributed by atoms with E-state index >= 15 is 0 Å². The molecule has 1 saturated carbocycles. The van der Waals surface area contributed by atoms with Gasteiger partial charge >= 0.3 is 6.36 Å². The zero-order valence-corrected chi connectivity index (χ0v) is 16.8. The minimum Gasteiger partial charge on any atom is -0.406 e. The van der Waals surface area contributed by atoms with Gasteiger partial charge in [0.1, 0.15) is 11.6 Å². The van der Waals surface area contributed by atoms with Crippen molar-refractivity contribution in [1.29, 1.82) is 0 Å². The molecule has 0 saturated heterocycles. The number of alkyl halides is 3. The molecular formula is C23H25F3N2O. The van der Waals surface area contributed by atoms with Gasteiger partial charge in [-0.15, -0.1) is 13.2 Å². The minimum atomic E-state index is -4.70. The molecule has 29 heavy (non-hydrogen) atoms. The van der Waals surface area contributed by atoms with Crippen molar-refractivity contribution in [2.75, 3.05) is 0 Å². The second-order valence-electron chi connectivity index (χ2n) is 8.93. The number of benzene rings is 2. The van der Waals surface area contributed by atoms with E-state index in [9.17, 15) is 13.2 Å². The molecular weight excluding hydrogens is 377 g/mol. The molecule has 0 aliphatic heterocycles. The van der Waals surface area contributed by atoms with Crippen molar-refractivity contribution in [3.8, 4) is 17.1 Å². The molecule has 0 spiro atoms. The van der Waals surface area contributed by atoms with Crippen molar-refractivity contribution in [1.82, 2.24) is 9.55 Å². The zero-order chi connectivity index (χ0) is 20.8. The minimum absolute atomic E-state index is 0.226. The van der Waals surface area contributed by atoms with Crippen LogP contribution < -0.4 is 4.74 Å². The first kappa shape index (κ1) is 19.8. The van der Waals surface area contributed by atoms with Gasteiger partial charge in [-0.25, -0.2) is 4.98 Å². The van der Waals surface area contributed by atoms with Crippen LogP contribution in [0.4, 0.5) is 13.2 Å². The summed E-state index contributed by atoms with van der Waals surface area (Å²) < 4.78 is 43.7. The van der Waals surface area contributed by atoms with E-state index in [4.69, 9.17) is 4.98 Å². The predicted molar refractivity (Wildman–Crippen MR) is 108 cm³/mol. The predicted octanol–water partition coefficient (Wildman–Crippen LogP) is 6.99. The lowest BCUT2D eigenvalue weighted by Crippen LogP contribution is -2.29. The van der Waals surface area contributed by atoms with Gasteiger partial charge in [-0.2, -0.15) is 0 Å². The summed E-state index contributed by atoms with van der Waals surface area (Å²) in [4.78, 5) is 4.84. The van der Waals surface area contributed by atoms with Crippen molar-refractivity contribution in [2.45, 2.75) is 52.4 Å². The molecule has 3 nitrogen and oxygen atoms in total. The monoisotopic (exact) mass is 402 g/mol. The number of para-hydroxylation sites is 2. The van der Waals surface area contributed by atoms with Crippen LogP contribution in [0, 0.1) is 11.3 Å². The fourth-order valence-electron chi connectivity index (χ4n) is 4.92. The molecule has 6 heteroatoms. The number of nitrogens with zero attached hydrogens (tertiary/aromatic N) is 2. The number of fused-ring (bicyclic) bond motifs is 1. The highest BCUT2D eigenvalue weighted by atomic mass is 19.4. The maximum absolute atomic E-state index is 12.5. The van der Waals surface area contributed by atoms with Gasteiger partial charge in [-0.1, -0.05) is 32.9 Å². The highest BCUT2D eigenvalue weighted by molar-refractivity contribution is 5.81. The van der Waals surface area contributed by atoms with Gasteiger partial charge in [-0.05, 0) is 67.0 Å². The molecule has 2 aromatic carbocycles. The van der Waals surface area contributed by atoms with Crippen molar-refractivity contribution in [3.05, 3.63) is 48.5 Å². The summed E-state index contributed by atoms with van der Waals surface area (Å²) >= 11 is 0. The van der Waals surface area contributed by atoms with E-state index < -0.39 is 6.36 Å². The maximum atomic E-state index is 12.5. The maximum Gasteiger partial charge on any atom is 0.573 e. The van der Waals surface area contributed by atoms with E-state index in [2.05, 4.69) is 36.1 Å². The third kappa shape index (κ3) is 4.26. The SMILES string of the molecule is C[C@@H]1C[C@H](n2c(-c3ccc(OC(F)(F)F)cc3)nc3ccccc32)CC(C)(C)C1. The Morgan fingerprint density at radius 2 is 1.72 bits per heavy atom. The summed E-state index contributed by atoms with van der Waals surface area (Å²) in [5, 5.41) is 0. The summed E-state index contributed by atoms with van der Waals surface area (Å²) in [5.74, 6) is 1.16. The lowest BCUT2D eigenvalue weighted by atomic mass is 9.70. The molecule has 1 aliphatic carbocycles. The van der Waals surface area contributed by atoms with E-state index in [-0.39, 0.29) is 11.2 Å². The summed E-state index contributed by atoms with van der Waals surface area (Å²) in [5.41, 5.74) is 2.98. The largest absolute Gasteiger partial charge is 0.573 e. The molecule has 1 aliphatic rings. The molecule has 0 unspecified atom stereocenters. The van der Waals surface area contributed by atoms with Crippen molar-refractivity contribution >= 4 is 11.0 Å². The van der Waals surface area contributed by atoms with Crippen LogP contribution in [0.25, 0.3) is 22.4 Å². The molecule has 1 fully saturated rings. The van der Waals surface area contributed by atoms with E-state index in [1.807, 2.05) is 18.2 Å². The van der Waals surface area contributed by atoms with Crippen LogP contribution in [0.3, 0.4) is 0 Å². The molecule has 1 aromatic heterocycles. The second-order valence-corrected chi connectivity index (χ2v) is 8.93. The fraction of sp³-hybridized carbons (Fsp3) is 0.435. The first-order chi connectivity index (χ1) is 13.6. The van der Waals surface area contributed by atoms with E-state index in [0.717, 1.165) is 35.3 Å². The average molecular weight is 402 g/mol. The number of hydrogen-bond acceptors (Lipinski definition) is 2. The summed E-state index contributed by atoms with van der Waals surface area (Å²) in [6, 6.07) is 14.3. The molecule has 0 amide bonds. The molecule has 2 atom stereocenters.